The van der Waals surface area contributed by atoms with E-state index in [2.05, 4.69) is 0 Å². The highest BCUT2D eigenvalue weighted by Crippen LogP contribution is 2.31. The molecule has 2 rings (SSSR count). The molecule has 1 fully saturated rings. The molecule has 0 bridgehead atoms. The van der Waals surface area contributed by atoms with Crippen molar-refractivity contribution in [2.75, 3.05) is 26.3 Å². The number of aliphatic hydroxyl groups excluding tert-OH is 1. The summed E-state index contributed by atoms with van der Waals surface area (Å²) >= 11 is 11.3. The van der Waals surface area contributed by atoms with Gasteiger partial charge >= 0.3 is 0 Å². The van der Waals surface area contributed by atoms with Crippen molar-refractivity contribution in [1.82, 2.24) is 4.31 Å². The van der Waals surface area contributed by atoms with Crippen LogP contribution in [0.1, 0.15) is 0 Å². The minimum Gasteiger partial charge on any atom is -0.394 e. The molecule has 0 spiro atoms. The number of hydrogen-bond donors (Lipinski definition) is 1. The van der Waals surface area contributed by atoms with E-state index in [-0.39, 0.29) is 36.2 Å². The first-order valence-corrected chi connectivity index (χ1v) is 7.93. The van der Waals surface area contributed by atoms with Gasteiger partial charge in [0.05, 0.1) is 29.4 Å². The molecule has 1 aromatic carbocycles. The average Bonchev–Trinajstić information content (AvgIpc) is 2.44. The third-order valence-electron chi connectivity index (χ3n) is 2.92. The van der Waals surface area contributed by atoms with Crippen LogP contribution in [-0.4, -0.2) is 50.2 Å². The molecule has 0 aliphatic carbocycles. The lowest BCUT2D eigenvalue weighted by atomic mass is 10.3. The Bertz CT molecular complexity index is 611. The van der Waals surface area contributed by atoms with Crippen LogP contribution in [0.5, 0.6) is 0 Å². The predicted molar refractivity (Wildman–Crippen MR) is 72.0 cm³/mol. The van der Waals surface area contributed by atoms with E-state index >= 15 is 0 Å². The summed E-state index contributed by atoms with van der Waals surface area (Å²) in [5, 5.41) is 8.25. The molecular weight excluding hydrogens is 332 g/mol. The van der Waals surface area contributed by atoms with Gasteiger partial charge in [-0.15, -0.1) is 0 Å². The molecule has 0 amide bonds. The van der Waals surface area contributed by atoms with Crippen LogP contribution >= 0.6 is 23.2 Å². The molecule has 1 aromatic rings. The first-order chi connectivity index (χ1) is 9.37. The van der Waals surface area contributed by atoms with Crippen LogP contribution in [0.3, 0.4) is 0 Å². The fourth-order valence-electron chi connectivity index (χ4n) is 1.87. The molecule has 0 saturated carbocycles. The van der Waals surface area contributed by atoms with Gasteiger partial charge in [-0.1, -0.05) is 23.2 Å². The van der Waals surface area contributed by atoms with E-state index in [1.165, 1.54) is 0 Å². The first kappa shape index (κ1) is 15.9. The molecule has 1 unspecified atom stereocenters. The molecule has 1 aliphatic heterocycles. The van der Waals surface area contributed by atoms with Crippen LogP contribution in [0.2, 0.25) is 10.0 Å². The normalized spacial score (nSPS) is 21.1. The summed E-state index contributed by atoms with van der Waals surface area (Å²) in [5.74, 6) is -0.971. The summed E-state index contributed by atoms with van der Waals surface area (Å²) in [7, 11) is -3.96. The van der Waals surface area contributed by atoms with E-state index in [0.717, 1.165) is 16.4 Å². The van der Waals surface area contributed by atoms with Gasteiger partial charge < -0.3 is 9.84 Å². The standard InChI is InChI=1S/C11H12Cl2FNO4S/c12-8-1-2-9(10(13)11(8)14)20(17,18)15-3-4-19-7(5-15)6-16/h1-2,7,16H,3-6H2. The number of aliphatic hydroxyl groups is 1. The highest BCUT2D eigenvalue weighted by Gasteiger charge is 2.33. The predicted octanol–water partition coefficient (Wildman–Crippen LogP) is 1.51. The summed E-state index contributed by atoms with van der Waals surface area (Å²) in [5.41, 5.74) is 0. The van der Waals surface area contributed by atoms with Crippen molar-refractivity contribution >= 4 is 33.2 Å². The van der Waals surface area contributed by atoms with Crippen molar-refractivity contribution in [2.24, 2.45) is 0 Å². The SMILES string of the molecule is O=S(=O)(c1ccc(Cl)c(F)c1Cl)N1CCOC(CO)C1. The lowest BCUT2D eigenvalue weighted by Gasteiger charge is -2.31. The maximum atomic E-state index is 13.6. The van der Waals surface area contributed by atoms with Gasteiger partial charge in [-0.3, -0.25) is 0 Å². The topological polar surface area (TPSA) is 66.8 Å². The molecule has 1 N–H and O–H groups in total. The second kappa shape index (κ2) is 6.13. The zero-order valence-corrected chi connectivity index (χ0v) is 12.6. The highest BCUT2D eigenvalue weighted by molar-refractivity contribution is 7.89. The Balaban J connectivity index is 2.38. The fourth-order valence-corrected chi connectivity index (χ4v) is 4.04. The summed E-state index contributed by atoms with van der Waals surface area (Å²) in [6.45, 7) is -0.0499. The van der Waals surface area contributed by atoms with Crippen LogP contribution < -0.4 is 0 Å². The summed E-state index contributed by atoms with van der Waals surface area (Å²) in [6.07, 6.45) is -0.602. The Kier molecular flexibility index (Phi) is 4.88. The van der Waals surface area contributed by atoms with Crippen LogP contribution in [-0.2, 0) is 14.8 Å². The lowest BCUT2D eigenvalue weighted by Crippen LogP contribution is -2.46. The fraction of sp³-hybridized carbons (Fsp3) is 0.455. The largest absolute Gasteiger partial charge is 0.394 e. The third-order valence-corrected chi connectivity index (χ3v) is 5.60. The van der Waals surface area contributed by atoms with E-state index in [1.54, 1.807) is 0 Å². The first-order valence-electron chi connectivity index (χ1n) is 5.74. The number of morpholine rings is 1. The summed E-state index contributed by atoms with van der Waals surface area (Å²) in [6, 6.07) is 2.30. The average molecular weight is 344 g/mol. The van der Waals surface area contributed by atoms with Gasteiger partial charge in [-0.25, -0.2) is 12.8 Å². The minimum absolute atomic E-state index is 0.0145. The van der Waals surface area contributed by atoms with E-state index < -0.39 is 27.0 Å². The van der Waals surface area contributed by atoms with Crippen LogP contribution in [0, 0.1) is 5.82 Å². The van der Waals surface area contributed by atoms with Crippen molar-refractivity contribution in [3.63, 3.8) is 0 Å². The van der Waals surface area contributed by atoms with Gasteiger partial charge in [-0.05, 0) is 12.1 Å². The smallest absolute Gasteiger partial charge is 0.244 e. The van der Waals surface area contributed by atoms with Gasteiger partial charge in [-0.2, -0.15) is 4.31 Å². The lowest BCUT2D eigenvalue weighted by molar-refractivity contribution is -0.0304. The van der Waals surface area contributed by atoms with Crippen LogP contribution in [0.25, 0.3) is 0 Å². The third kappa shape index (κ3) is 2.93. The minimum atomic E-state index is -3.96. The second-order valence-corrected chi connectivity index (χ2v) is 6.90. The van der Waals surface area contributed by atoms with Crippen molar-refractivity contribution in [3.8, 4) is 0 Å². The number of hydrogen-bond acceptors (Lipinski definition) is 4. The zero-order valence-electron chi connectivity index (χ0n) is 10.2. The summed E-state index contributed by atoms with van der Waals surface area (Å²) < 4.78 is 44.8. The molecule has 1 atom stereocenters. The molecule has 20 heavy (non-hydrogen) atoms. The van der Waals surface area contributed by atoms with Gasteiger partial charge in [0.15, 0.2) is 5.82 Å². The van der Waals surface area contributed by atoms with E-state index in [1.807, 2.05) is 0 Å². The number of ether oxygens (including phenoxy) is 1. The summed E-state index contributed by atoms with van der Waals surface area (Å²) in [4.78, 5) is -0.348. The molecule has 1 saturated heterocycles. The van der Waals surface area contributed by atoms with Crippen molar-refractivity contribution < 1.29 is 22.7 Å². The Hall–Kier alpha value is -0.440. The molecule has 5 nitrogen and oxygen atoms in total. The highest BCUT2D eigenvalue weighted by atomic mass is 35.5. The van der Waals surface area contributed by atoms with Gasteiger partial charge in [0.25, 0.3) is 0 Å². The Morgan fingerprint density at radius 1 is 1.45 bits per heavy atom. The molecule has 1 aliphatic rings. The molecule has 0 aromatic heterocycles. The number of benzene rings is 1. The van der Waals surface area contributed by atoms with Gasteiger partial charge in [0, 0.05) is 13.1 Å². The molecule has 0 radical (unpaired) electrons. The number of sulfonamides is 1. The number of rotatable bonds is 3. The Labute approximate surface area is 125 Å². The molecular formula is C11H12Cl2FNO4S. The van der Waals surface area contributed by atoms with E-state index in [4.69, 9.17) is 33.0 Å². The van der Waals surface area contributed by atoms with Crippen molar-refractivity contribution in [1.29, 1.82) is 0 Å². The Morgan fingerprint density at radius 2 is 2.15 bits per heavy atom. The zero-order chi connectivity index (χ0) is 14.9. The van der Waals surface area contributed by atoms with Gasteiger partial charge in [0.2, 0.25) is 10.0 Å². The van der Waals surface area contributed by atoms with Gasteiger partial charge in [0.1, 0.15) is 4.90 Å². The number of nitrogens with zero attached hydrogens (tertiary/aromatic N) is 1. The van der Waals surface area contributed by atoms with E-state index in [0.29, 0.717) is 0 Å². The monoisotopic (exact) mass is 343 g/mol. The molecule has 1 heterocycles. The second-order valence-electron chi connectivity index (χ2n) is 4.21. The van der Waals surface area contributed by atoms with Crippen LogP contribution in [0.4, 0.5) is 4.39 Å². The quantitative estimate of drug-likeness (QED) is 0.845. The maximum Gasteiger partial charge on any atom is 0.244 e. The van der Waals surface area contributed by atoms with Crippen LogP contribution in [0.15, 0.2) is 17.0 Å². The molecule has 9 heteroatoms. The maximum absolute atomic E-state index is 13.6. The van der Waals surface area contributed by atoms with Crippen molar-refractivity contribution in [3.05, 3.63) is 28.0 Å². The van der Waals surface area contributed by atoms with E-state index in [9.17, 15) is 12.8 Å². The van der Waals surface area contributed by atoms with Crippen molar-refractivity contribution in [2.45, 2.75) is 11.0 Å². The number of halogens is 3. The Morgan fingerprint density at radius 3 is 2.80 bits per heavy atom. The molecule has 112 valence electrons.